The fourth-order valence-electron chi connectivity index (χ4n) is 3.48. The molecule has 7 nitrogen and oxygen atoms in total. The summed E-state index contributed by atoms with van der Waals surface area (Å²) >= 11 is 1.59. The number of ether oxygens (including phenoxy) is 1. The molecule has 29 heavy (non-hydrogen) atoms. The van der Waals surface area contributed by atoms with Gasteiger partial charge in [-0.1, -0.05) is 18.2 Å². The lowest BCUT2D eigenvalue weighted by atomic mass is 9.95. The number of benzene rings is 1. The van der Waals surface area contributed by atoms with Crippen LogP contribution in [0.25, 0.3) is 10.6 Å². The summed E-state index contributed by atoms with van der Waals surface area (Å²) in [6.07, 6.45) is 1.24. The number of nitrogens with zero attached hydrogens (tertiary/aromatic N) is 2. The second-order valence-electron chi connectivity index (χ2n) is 6.90. The molecule has 0 atom stereocenters. The second kappa shape index (κ2) is 8.48. The highest BCUT2D eigenvalue weighted by atomic mass is 32.1. The number of para-hydroxylation sites is 2. The van der Waals surface area contributed by atoms with Crippen LogP contribution in [-0.4, -0.2) is 47.1 Å². The molecule has 8 heteroatoms. The highest BCUT2D eigenvalue weighted by Gasteiger charge is 2.29. The van der Waals surface area contributed by atoms with Gasteiger partial charge in [-0.05, 0) is 42.5 Å². The van der Waals surface area contributed by atoms with Gasteiger partial charge in [-0.3, -0.25) is 14.7 Å². The molecule has 2 amide bonds. The zero-order valence-corrected chi connectivity index (χ0v) is 16.9. The Labute approximate surface area is 172 Å². The molecule has 3 heterocycles. The molecule has 2 N–H and O–H groups in total. The average Bonchev–Trinajstić information content (AvgIpc) is 3.45. The first-order valence-electron chi connectivity index (χ1n) is 9.48. The van der Waals surface area contributed by atoms with Gasteiger partial charge in [0, 0.05) is 19.0 Å². The van der Waals surface area contributed by atoms with Crippen molar-refractivity contribution < 1.29 is 14.3 Å². The highest BCUT2D eigenvalue weighted by Crippen LogP contribution is 2.27. The van der Waals surface area contributed by atoms with E-state index in [4.69, 9.17) is 4.74 Å². The maximum atomic E-state index is 12.8. The monoisotopic (exact) mass is 410 g/mol. The summed E-state index contributed by atoms with van der Waals surface area (Å²) in [5.74, 6) is 0.354. The SMILES string of the molecule is COc1ccccc1NC(=O)C1CCN(C(=O)c2cc(-c3cccs3)[nH]n2)CC1. The molecule has 4 rings (SSSR count). The lowest BCUT2D eigenvalue weighted by Crippen LogP contribution is -2.41. The van der Waals surface area contributed by atoms with Crippen molar-refractivity contribution in [1.29, 1.82) is 0 Å². The number of methoxy groups -OCH3 is 1. The summed E-state index contributed by atoms with van der Waals surface area (Å²) in [5.41, 5.74) is 1.91. The van der Waals surface area contributed by atoms with Crippen LogP contribution in [0.3, 0.4) is 0 Å². The fraction of sp³-hybridized carbons (Fsp3) is 0.286. The van der Waals surface area contributed by atoms with Crippen LogP contribution >= 0.6 is 11.3 Å². The molecule has 1 fully saturated rings. The zero-order chi connectivity index (χ0) is 20.2. The zero-order valence-electron chi connectivity index (χ0n) is 16.1. The van der Waals surface area contributed by atoms with Crippen LogP contribution < -0.4 is 10.1 Å². The summed E-state index contributed by atoms with van der Waals surface area (Å²) in [6.45, 7) is 1.06. The average molecular weight is 410 g/mol. The molecule has 0 aliphatic carbocycles. The molecule has 1 aliphatic heterocycles. The third kappa shape index (κ3) is 4.17. The van der Waals surface area contributed by atoms with E-state index in [1.165, 1.54) is 0 Å². The van der Waals surface area contributed by atoms with Crippen LogP contribution in [0, 0.1) is 5.92 Å². The fourth-order valence-corrected chi connectivity index (χ4v) is 4.17. The quantitative estimate of drug-likeness (QED) is 0.672. The van der Waals surface area contributed by atoms with E-state index in [1.54, 1.807) is 29.4 Å². The number of nitrogens with one attached hydrogen (secondary N) is 2. The lowest BCUT2D eigenvalue weighted by molar-refractivity contribution is -0.121. The standard InChI is InChI=1S/C21H22N4O3S/c1-28-18-6-3-2-5-15(18)22-20(26)14-8-10-25(11-9-14)21(27)17-13-16(23-24-17)19-7-4-12-29-19/h2-7,12-14H,8-11H2,1H3,(H,22,26)(H,23,24). The van der Waals surface area contributed by atoms with Gasteiger partial charge in [-0.25, -0.2) is 0 Å². The minimum Gasteiger partial charge on any atom is -0.495 e. The maximum Gasteiger partial charge on any atom is 0.274 e. The Bertz CT molecular complexity index is 991. The van der Waals surface area contributed by atoms with E-state index in [0.29, 0.717) is 43.1 Å². The molecule has 1 aliphatic rings. The number of hydrogen-bond acceptors (Lipinski definition) is 5. The van der Waals surface area contributed by atoms with Crippen LogP contribution in [-0.2, 0) is 4.79 Å². The number of anilines is 1. The van der Waals surface area contributed by atoms with Gasteiger partial charge in [-0.15, -0.1) is 11.3 Å². The maximum absolute atomic E-state index is 12.8. The second-order valence-corrected chi connectivity index (χ2v) is 7.85. The van der Waals surface area contributed by atoms with E-state index >= 15 is 0 Å². The van der Waals surface area contributed by atoms with Crippen molar-refractivity contribution in [1.82, 2.24) is 15.1 Å². The molecule has 2 aromatic heterocycles. The Hall–Kier alpha value is -3.13. The summed E-state index contributed by atoms with van der Waals surface area (Å²) in [4.78, 5) is 28.2. The van der Waals surface area contributed by atoms with Gasteiger partial charge in [0.2, 0.25) is 5.91 Å². The van der Waals surface area contributed by atoms with Crippen LogP contribution in [0.15, 0.2) is 47.8 Å². The molecular weight excluding hydrogens is 388 g/mol. The third-order valence-electron chi connectivity index (χ3n) is 5.10. The van der Waals surface area contributed by atoms with Crippen LogP contribution in [0.4, 0.5) is 5.69 Å². The van der Waals surface area contributed by atoms with Crippen molar-refractivity contribution in [2.24, 2.45) is 5.92 Å². The molecule has 1 aromatic carbocycles. The molecular formula is C21H22N4O3S. The number of likely N-dealkylation sites (tertiary alicyclic amines) is 1. The molecule has 0 radical (unpaired) electrons. The highest BCUT2D eigenvalue weighted by molar-refractivity contribution is 7.13. The van der Waals surface area contributed by atoms with Gasteiger partial charge in [0.05, 0.1) is 23.4 Å². The summed E-state index contributed by atoms with van der Waals surface area (Å²) < 4.78 is 5.28. The first kappa shape index (κ1) is 19.2. The van der Waals surface area contributed by atoms with Crippen LogP contribution in [0.1, 0.15) is 23.3 Å². The summed E-state index contributed by atoms with van der Waals surface area (Å²) in [6, 6.07) is 13.1. The van der Waals surface area contributed by atoms with Crippen molar-refractivity contribution >= 4 is 28.8 Å². The number of aromatic nitrogens is 2. The van der Waals surface area contributed by atoms with E-state index in [-0.39, 0.29) is 17.7 Å². The van der Waals surface area contributed by atoms with Gasteiger partial charge in [0.1, 0.15) is 5.75 Å². The summed E-state index contributed by atoms with van der Waals surface area (Å²) in [7, 11) is 1.58. The van der Waals surface area contributed by atoms with Crippen molar-refractivity contribution in [3.05, 3.63) is 53.5 Å². The lowest BCUT2D eigenvalue weighted by Gasteiger charge is -2.31. The molecule has 0 unspecified atom stereocenters. The molecule has 0 bridgehead atoms. The molecule has 1 saturated heterocycles. The Morgan fingerprint density at radius 1 is 1.21 bits per heavy atom. The number of piperidine rings is 1. The number of amides is 2. The first-order chi connectivity index (χ1) is 14.2. The first-order valence-corrected chi connectivity index (χ1v) is 10.4. The van der Waals surface area contributed by atoms with E-state index in [0.717, 1.165) is 10.6 Å². The number of carbonyl (C=O) groups is 2. The number of rotatable bonds is 5. The number of H-pyrrole nitrogens is 1. The van der Waals surface area contributed by atoms with Crippen molar-refractivity contribution in [3.63, 3.8) is 0 Å². The van der Waals surface area contributed by atoms with Gasteiger partial charge < -0.3 is 15.0 Å². The van der Waals surface area contributed by atoms with E-state index in [2.05, 4.69) is 15.5 Å². The van der Waals surface area contributed by atoms with Gasteiger partial charge in [0.25, 0.3) is 5.91 Å². The normalized spacial score (nSPS) is 14.6. The van der Waals surface area contributed by atoms with Crippen molar-refractivity contribution in [2.75, 3.05) is 25.5 Å². The Morgan fingerprint density at radius 2 is 2.00 bits per heavy atom. The van der Waals surface area contributed by atoms with Crippen molar-refractivity contribution in [3.8, 4) is 16.3 Å². The molecule has 150 valence electrons. The third-order valence-corrected chi connectivity index (χ3v) is 6.00. The Balaban J connectivity index is 1.34. The van der Waals surface area contributed by atoms with Gasteiger partial charge in [-0.2, -0.15) is 5.10 Å². The minimum atomic E-state index is -0.134. The largest absolute Gasteiger partial charge is 0.495 e. The van der Waals surface area contributed by atoms with Crippen LogP contribution in [0.5, 0.6) is 5.75 Å². The van der Waals surface area contributed by atoms with E-state index in [9.17, 15) is 9.59 Å². The van der Waals surface area contributed by atoms with Crippen molar-refractivity contribution in [2.45, 2.75) is 12.8 Å². The predicted molar refractivity (Wildman–Crippen MR) is 112 cm³/mol. The van der Waals surface area contributed by atoms with E-state index < -0.39 is 0 Å². The van der Waals surface area contributed by atoms with Crippen LogP contribution in [0.2, 0.25) is 0 Å². The molecule has 0 saturated carbocycles. The number of carbonyl (C=O) groups excluding carboxylic acids is 2. The minimum absolute atomic E-state index is 0.0404. The Kier molecular flexibility index (Phi) is 5.62. The van der Waals surface area contributed by atoms with E-state index in [1.807, 2.05) is 41.8 Å². The topological polar surface area (TPSA) is 87.3 Å². The molecule has 0 spiro atoms. The van der Waals surface area contributed by atoms with Gasteiger partial charge in [0.15, 0.2) is 5.69 Å². The summed E-state index contributed by atoms with van der Waals surface area (Å²) in [5, 5.41) is 12.0. The van der Waals surface area contributed by atoms with Gasteiger partial charge >= 0.3 is 0 Å². The number of thiophene rings is 1. The number of hydrogen-bond donors (Lipinski definition) is 2. The smallest absolute Gasteiger partial charge is 0.274 e. The number of aromatic amines is 1. The predicted octanol–water partition coefficient (Wildman–Crippen LogP) is 3.64. The Morgan fingerprint density at radius 3 is 2.72 bits per heavy atom. The molecule has 3 aromatic rings.